The molecule has 0 aliphatic carbocycles. The summed E-state index contributed by atoms with van der Waals surface area (Å²) in [7, 11) is 0. The van der Waals surface area contributed by atoms with E-state index in [1.54, 1.807) is 6.07 Å². The van der Waals surface area contributed by atoms with Gasteiger partial charge in [0.15, 0.2) is 6.61 Å². The van der Waals surface area contributed by atoms with Crippen LogP contribution in [0.3, 0.4) is 0 Å². The number of hydrogen-bond donors (Lipinski definition) is 0. The Bertz CT molecular complexity index is 1570. The van der Waals surface area contributed by atoms with Crippen LogP contribution in [-0.4, -0.2) is 23.3 Å². The van der Waals surface area contributed by atoms with Crippen molar-refractivity contribution in [2.75, 3.05) is 6.61 Å². The molecule has 176 valence electrons. The molecule has 0 bridgehead atoms. The fourth-order valence-electron chi connectivity index (χ4n) is 4.28. The summed E-state index contributed by atoms with van der Waals surface area (Å²) < 4.78 is 5.50. The molecule has 5 aromatic rings. The lowest BCUT2D eigenvalue weighted by Gasteiger charge is -2.11. The maximum atomic E-state index is 13.2. The number of ether oxygens (including phenoxy) is 1. The van der Waals surface area contributed by atoms with E-state index in [1.807, 2.05) is 98.8 Å². The number of aromatic nitrogens is 1. The Hall–Kier alpha value is -4.57. The SMILES string of the molecule is Cc1ccc(C)c(C(=O)COC(=O)c2cc(-c3ccc(-c4ccccc4)cc3)nc3ccccc23)c1. The summed E-state index contributed by atoms with van der Waals surface area (Å²) in [6.45, 7) is 3.49. The second kappa shape index (κ2) is 9.96. The Balaban J connectivity index is 1.44. The number of fused-ring (bicyclic) bond motifs is 1. The molecular formula is C32H25NO3. The standard InChI is InChI=1S/C32H25NO3/c1-21-12-13-22(2)27(18-21)31(34)20-36-32(35)28-19-30(33-29-11-7-6-10-26(28)29)25-16-14-24(15-17-25)23-8-4-3-5-9-23/h3-19H,20H2,1-2H3. The van der Waals surface area contributed by atoms with E-state index in [9.17, 15) is 9.59 Å². The highest BCUT2D eigenvalue weighted by Crippen LogP contribution is 2.28. The van der Waals surface area contributed by atoms with Crippen molar-refractivity contribution in [1.29, 1.82) is 0 Å². The number of carbonyl (C=O) groups is 2. The Morgan fingerprint density at radius 1 is 0.694 bits per heavy atom. The largest absolute Gasteiger partial charge is 0.454 e. The Morgan fingerprint density at radius 2 is 1.36 bits per heavy atom. The molecule has 36 heavy (non-hydrogen) atoms. The van der Waals surface area contributed by atoms with Crippen LogP contribution in [0.1, 0.15) is 31.8 Å². The number of Topliss-reactive ketones (excluding diaryl/α,β-unsaturated/α-hetero) is 1. The zero-order valence-corrected chi connectivity index (χ0v) is 20.2. The number of ketones is 1. The molecule has 4 heteroatoms. The van der Waals surface area contributed by atoms with E-state index in [1.165, 1.54) is 0 Å². The van der Waals surface area contributed by atoms with Gasteiger partial charge in [-0.3, -0.25) is 4.79 Å². The molecule has 0 saturated carbocycles. The Labute approximate surface area is 210 Å². The van der Waals surface area contributed by atoms with Crippen LogP contribution in [0.4, 0.5) is 0 Å². The summed E-state index contributed by atoms with van der Waals surface area (Å²) in [5.41, 5.74) is 7.28. The van der Waals surface area contributed by atoms with Gasteiger partial charge in [0.05, 0.1) is 16.8 Å². The molecule has 0 atom stereocenters. The first-order chi connectivity index (χ1) is 17.5. The molecule has 0 saturated heterocycles. The molecule has 0 fully saturated rings. The minimum atomic E-state index is -0.547. The summed E-state index contributed by atoms with van der Waals surface area (Å²) in [5, 5.41) is 0.686. The molecular weight excluding hydrogens is 446 g/mol. The second-order valence-electron chi connectivity index (χ2n) is 8.83. The molecule has 1 heterocycles. The molecule has 4 aromatic carbocycles. The third-order valence-corrected chi connectivity index (χ3v) is 6.25. The van der Waals surface area contributed by atoms with Gasteiger partial charge >= 0.3 is 5.97 Å². The monoisotopic (exact) mass is 471 g/mol. The summed E-state index contributed by atoms with van der Waals surface area (Å²) >= 11 is 0. The van der Waals surface area contributed by atoms with Crippen LogP contribution in [0.2, 0.25) is 0 Å². The highest BCUT2D eigenvalue weighted by atomic mass is 16.5. The zero-order valence-electron chi connectivity index (χ0n) is 20.2. The predicted molar refractivity (Wildman–Crippen MR) is 143 cm³/mol. The van der Waals surface area contributed by atoms with E-state index >= 15 is 0 Å². The van der Waals surface area contributed by atoms with E-state index in [2.05, 4.69) is 12.1 Å². The van der Waals surface area contributed by atoms with E-state index in [0.717, 1.165) is 27.8 Å². The molecule has 4 nitrogen and oxygen atoms in total. The van der Waals surface area contributed by atoms with Gasteiger partial charge in [-0.2, -0.15) is 0 Å². The minimum Gasteiger partial charge on any atom is -0.454 e. The molecule has 0 amide bonds. The van der Waals surface area contributed by atoms with Gasteiger partial charge in [-0.1, -0.05) is 90.5 Å². The first-order valence-electron chi connectivity index (χ1n) is 11.8. The number of pyridine rings is 1. The summed E-state index contributed by atoms with van der Waals surface area (Å²) in [4.78, 5) is 30.7. The van der Waals surface area contributed by atoms with Gasteiger partial charge in [0.1, 0.15) is 0 Å². The van der Waals surface area contributed by atoms with Crippen molar-refractivity contribution >= 4 is 22.7 Å². The maximum Gasteiger partial charge on any atom is 0.339 e. The van der Waals surface area contributed by atoms with Gasteiger partial charge in [0.2, 0.25) is 5.78 Å². The number of aryl methyl sites for hydroxylation is 2. The second-order valence-corrected chi connectivity index (χ2v) is 8.83. The van der Waals surface area contributed by atoms with E-state index in [-0.39, 0.29) is 12.4 Å². The Morgan fingerprint density at radius 3 is 2.14 bits per heavy atom. The van der Waals surface area contributed by atoms with Crippen molar-refractivity contribution in [3.05, 3.63) is 125 Å². The predicted octanol–water partition coefficient (Wildman–Crippen LogP) is 7.23. The van der Waals surface area contributed by atoms with Crippen molar-refractivity contribution in [2.45, 2.75) is 13.8 Å². The molecule has 0 aliphatic rings. The van der Waals surface area contributed by atoms with Crippen molar-refractivity contribution in [2.24, 2.45) is 0 Å². The maximum absolute atomic E-state index is 13.2. The molecule has 0 radical (unpaired) electrons. The number of rotatable bonds is 6. The van der Waals surface area contributed by atoms with Gasteiger partial charge in [0.25, 0.3) is 0 Å². The van der Waals surface area contributed by atoms with Crippen LogP contribution in [0.15, 0.2) is 103 Å². The molecule has 0 spiro atoms. The lowest BCUT2D eigenvalue weighted by atomic mass is 10.0. The molecule has 1 aromatic heterocycles. The fraction of sp³-hybridized carbons (Fsp3) is 0.0938. The zero-order chi connectivity index (χ0) is 25.1. The first kappa shape index (κ1) is 23.2. The molecule has 0 N–H and O–H groups in total. The molecule has 5 rings (SSSR count). The van der Waals surface area contributed by atoms with Crippen molar-refractivity contribution < 1.29 is 14.3 Å². The fourth-order valence-corrected chi connectivity index (χ4v) is 4.28. The number of nitrogens with zero attached hydrogens (tertiary/aromatic N) is 1. The van der Waals surface area contributed by atoms with Crippen LogP contribution >= 0.6 is 0 Å². The Kier molecular flexibility index (Phi) is 6.42. The van der Waals surface area contributed by atoms with Gasteiger partial charge in [-0.15, -0.1) is 0 Å². The summed E-state index contributed by atoms with van der Waals surface area (Å²) in [6, 6.07) is 33.1. The lowest BCUT2D eigenvalue weighted by molar-refractivity contribution is 0.0476. The smallest absolute Gasteiger partial charge is 0.339 e. The first-order valence-corrected chi connectivity index (χ1v) is 11.8. The van der Waals surface area contributed by atoms with E-state index in [4.69, 9.17) is 9.72 Å². The highest BCUT2D eigenvalue weighted by Gasteiger charge is 2.18. The number of carbonyl (C=O) groups excluding carboxylic acids is 2. The van der Waals surface area contributed by atoms with Crippen molar-refractivity contribution in [3.63, 3.8) is 0 Å². The average molecular weight is 472 g/mol. The van der Waals surface area contributed by atoms with Gasteiger partial charge in [0, 0.05) is 16.5 Å². The minimum absolute atomic E-state index is 0.223. The van der Waals surface area contributed by atoms with Gasteiger partial charge in [-0.05, 0) is 48.7 Å². The van der Waals surface area contributed by atoms with E-state index in [0.29, 0.717) is 27.7 Å². The number of para-hydroxylation sites is 1. The summed E-state index contributed by atoms with van der Waals surface area (Å²) in [6.07, 6.45) is 0. The third-order valence-electron chi connectivity index (χ3n) is 6.25. The van der Waals surface area contributed by atoms with Crippen molar-refractivity contribution in [3.8, 4) is 22.4 Å². The van der Waals surface area contributed by atoms with Crippen LogP contribution in [-0.2, 0) is 4.74 Å². The third kappa shape index (κ3) is 4.80. The molecule has 0 aliphatic heterocycles. The number of esters is 1. The topological polar surface area (TPSA) is 56.3 Å². The number of benzene rings is 4. The van der Waals surface area contributed by atoms with Crippen LogP contribution in [0.25, 0.3) is 33.3 Å². The van der Waals surface area contributed by atoms with E-state index < -0.39 is 5.97 Å². The number of hydrogen-bond acceptors (Lipinski definition) is 4. The molecule has 0 unspecified atom stereocenters. The highest BCUT2D eigenvalue weighted by molar-refractivity contribution is 6.06. The lowest BCUT2D eigenvalue weighted by Crippen LogP contribution is -2.16. The van der Waals surface area contributed by atoms with Crippen molar-refractivity contribution in [1.82, 2.24) is 4.98 Å². The normalized spacial score (nSPS) is 10.8. The van der Waals surface area contributed by atoms with Crippen LogP contribution in [0.5, 0.6) is 0 Å². The average Bonchev–Trinajstić information content (AvgIpc) is 2.92. The van der Waals surface area contributed by atoms with Gasteiger partial charge < -0.3 is 4.74 Å². The van der Waals surface area contributed by atoms with Crippen LogP contribution in [0, 0.1) is 13.8 Å². The van der Waals surface area contributed by atoms with Crippen LogP contribution < -0.4 is 0 Å². The van der Waals surface area contributed by atoms with Gasteiger partial charge in [-0.25, -0.2) is 9.78 Å². The summed E-state index contributed by atoms with van der Waals surface area (Å²) in [5.74, 6) is -0.769. The quantitative estimate of drug-likeness (QED) is 0.194.